The summed E-state index contributed by atoms with van der Waals surface area (Å²) in [4.78, 5) is 17.1. The monoisotopic (exact) mass is 480 g/mol. The van der Waals surface area contributed by atoms with Crippen LogP contribution in [0.3, 0.4) is 0 Å². The molecule has 170 valence electrons. The van der Waals surface area contributed by atoms with E-state index in [0.717, 1.165) is 23.1 Å². The van der Waals surface area contributed by atoms with Gasteiger partial charge in [-0.25, -0.2) is 14.2 Å². The molecule has 0 bridgehead atoms. The van der Waals surface area contributed by atoms with Crippen LogP contribution < -0.4 is 0 Å². The fraction of sp³-hybridized carbons (Fsp3) is 0.300. The molecule has 0 radical (unpaired) electrons. The van der Waals surface area contributed by atoms with Crippen molar-refractivity contribution >= 4 is 17.7 Å². The largest absolute Gasteiger partial charge is 0.439 e. The fourth-order valence-corrected chi connectivity index (χ4v) is 4.00. The van der Waals surface area contributed by atoms with E-state index in [1.54, 1.807) is 0 Å². The van der Waals surface area contributed by atoms with Crippen LogP contribution in [0.25, 0.3) is 0 Å². The average molecular weight is 481 g/mol. The lowest BCUT2D eigenvalue weighted by atomic mass is 9.98. The summed E-state index contributed by atoms with van der Waals surface area (Å²) in [5.74, 6) is 0. The Bertz CT molecular complexity index is 1100. The van der Waals surface area contributed by atoms with Gasteiger partial charge >= 0.3 is 18.4 Å². The normalized spacial score (nSPS) is 22.9. The van der Waals surface area contributed by atoms with Crippen LogP contribution >= 0.6 is 11.6 Å². The number of cyclic esters (lactones) is 1. The smallest absolute Gasteiger partial charge is 0.417 e. The van der Waals surface area contributed by atoms with Gasteiger partial charge in [-0.3, -0.25) is 4.90 Å². The zero-order valence-electron chi connectivity index (χ0n) is 15.7. The Morgan fingerprint density at radius 2 is 1.69 bits per heavy atom. The van der Waals surface area contributed by atoms with Crippen molar-refractivity contribution in [3.05, 3.63) is 75.6 Å². The second kappa shape index (κ2) is 7.65. The van der Waals surface area contributed by atoms with Gasteiger partial charge in [0.15, 0.2) is 6.10 Å². The molecular formula is C20H12ClF7N2O2. The summed E-state index contributed by atoms with van der Waals surface area (Å²) in [6.07, 6.45) is -8.29. The minimum absolute atomic E-state index is 0.0908. The van der Waals surface area contributed by atoms with Gasteiger partial charge < -0.3 is 4.74 Å². The highest BCUT2D eigenvalue weighted by Gasteiger charge is 2.49. The van der Waals surface area contributed by atoms with E-state index in [1.807, 2.05) is 0 Å². The molecule has 3 heterocycles. The van der Waals surface area contributed by atoms with Crippen molar-refractivity contribution in [3.63, 3.8) is 0 Å². The maximum absolute atomic E-state index is 13.2. The molecule has 1 aromatic carbocycles. The number of ether oxygens (including phenoxy) is 1. The number of carbonyl (C=O) groups excluding carboxylic acids is 1. The van der Waals surface area contributed by atoms with Crippen molar-refractivity contribution in [1.29, 1.82) is 0 Å². The predicted molar refractivity (Wildman–Crippen MR) is 97.2 cm³/mol. The standard InChI is InChI=1S/C20H12ClF7N2O2/c21-17-13(6-12(8-29-17)20(26,27)28)14-1-2-15-16(32-18(31)30(14)15)10-3-9(7-22)4-11(5-10)19(23,24)25/h1-6,8,14-16H,7H2/t14-,15-,16+/m0/s1. The molecule has 0 saturated carbocycles. The summed E-state index contributed by atoms with van der Waals surface area (Å²) in [6, 6.07) is 1.29. The van der Waals surface area contributed by atoms with Crippen molar-refractivity contribution in [2.24, 2.45) is 0 Å². The van der Waals surface area contributed by atoms with Gasteiger partial charge in [0, 0.05) is 11.8 Å². The Kier molecular flexibility index (Phi) is 5.35. The molecular weight excluding hydrogens is 469 g/mol. The highest BCUT2D eigenvalue weighted by Crippen LogP contribution is 2.46. The lowest BCUT2D eigenvalue weighted by Gasteiger charge is -2.24. The SMILES string of the molecule is O=C1O[C@H](c2cc(CF)cc(C(F)(F)F)c2)[C@@H]2C=C[C@@H](c3cc(C(F)(F)F)cnc3Cl)N12. The van der Waals surface area contributed by atoms with E-state index in [0.29, 0.717) is 12.3 Å². The molecule has 0 aliphatic carbocycles. The summed E-state index contributed by atoms with van der Waals surface area (Å²) < 4.78 is 97.3. The van der Waals surface area contributed by atoms with Crippen LogP contribution in [0.15, 0.2) is 42.6 Å². The zero-order chi connectivity index (χ0) is 23.4. The van der Waals surface area contributed by atoms with Crippen molar-refractivity contribution in [3.8, 4) is 0 Å². The number of pyridine rings is 1. The molecule has 2 aliphatic rings. The number of benzene rings is 1. The Labute approximate surface area is 181 Å². The van der Waals surface area contributed by atoms with Crippen LogP contribution in [0.4, 0.5) is 35.5 Å². The quantitative estimate of drug-likeness (QED) is 0.289. The molecule has 0 spiro atoms. The Morgan fingerprint density at radius 3 is 2.31 bits per heavy atom. The van der Waals surface area contributed by atoms with Crippen LogP contribution in [0.1, 0.15) is 40.0 Å². The molecule has 1 amide bonds. The number of rotatable bonds is 3. The van der Waals surface area contributed by atoms with Gasteiger partial charge in [-0.15, -0.1) is 0 Å². The lowest BCUT2D eigenvalue weighted by molar-refractivity contribution is -0.138. The molecule has 0 unspecified atom stereocenters. The molecule has 4 rings (SSSR count). The summed E-state index contributed by atoms with van der Waals surface area (Å²) in [6.45, 7) is -1.17. The van der Waals surface area contributed by atoms with Gasteiger partial charge in [-0.1, -0.05) is 23.8 Å². The summed E-state index contributed by atoms with van der Waals surface area (Å²) in [5, 5.41) is -0.275. The van der Waals surface area contributed by atoms with E-state index >= 15 is 0 Å². The number of nitrogens with zero attached hydrogens (tertiary/aromatic N) is 2. The molecule has 4 nitrogen and oxygen atoms in total. The third-order valence-electron chi connectivity index (χ3n) is 5.20. The summed E-state index contributed by atoms with van der Waals surface area (Å²) in [5.41, 5.74) is -2.66. The van der Waals surface area contributed by atoms with E-state index in [4.69, 9.17) is 16.3 Å². The molecule has 3 atom stereocenters. The third-order valence-corrected chi connectivity index (χ3v) is 5.51. The topological polar surface area (TPSA) is 42.4 Å². The molecule has 1 fully saturated rings. The van der Waals surface area contributed by atoms with Crippen LogP contribution in [0.5, 0.6) is 0 Å². The van der Waals surface area contributed by atoms with E-state index < -0.39 is 54.4 Å². The van der Waals surface area contributed by atoms with Crippen LogP contribution in [0, 0.1) is 0 Å². The highest BCUT2D eigenvalue weighted by molar-refractivity contribution is 6.30. The molecule has 1 aromatic heterocycles. The van der Waals surface area contributed by atoms with E-state index in [1.165, 1.54) is 12.2 Å². The fourth-order valence-electron chi connectivity index (χ4n) is 3.78. The predicted octanol–water partition coefficient (Wildman–Crippen LogP) is 6.42. The van der Waals surface area contributed by atoms with Gasteiger partial charge in [0.05, 0.1) is 23.2 Å². The summed E-state index contributed by atoms with van der Waals surface area (Å²) in [7, 11) is 0. The van der Waals surface area contributed by atoms with Crippen LogP contribution in [0.2, 0.25) is 5.15 Å². The zero-order valence-corrected chi connectivity index (χ0v) is 16.5. The van der Waals surface area contributed by atoms with Gasteiger partial charge in [0.25, 0.3) is 0 Å². The van der Waals surface area contributed by atoms with Crippen molar-refractivity contribution in [2.75, 3.05) is 0 Å². The van der Waals surface area contributed by atoms with Crippen LogP contribution in [-0.2, 0) is 23.8 Å². The summed E-state index contributed by atoms with van der Waals surface area (Å²) >= 11 is 5.97. The minimum atomic E-state index is -4.76. The first-order valence-electron chi connectivity index (χ1n) is 9.07. The Hall–Kier alpha value is -2.82. The number of hydrogen-bond acceptors (Lipinski definition) is 3. The van der Waals surface area contributed by atoms with E-state index in [-0.39, 0.29) is 21.8 Å². The minimum Gasteiger partial charge on any atom is -0.439 e. The number of carbonyl (C=O) groups is 1. The van der Waals surface area contributed by atoms with Crippen molar-refractivity contribution < 1.29 is 40.3 Å². The van der Waals surface area contributed by atoms with Gasteiger partial charge in [-0.05, 0) is 35.4 Å². The highest BCUT2D eigenvalue weighted by atomic mass is 35.5. The maximum atomic E-state index is 13.2. The number of aromatic nitrogens is 1. The maximum Gasteiger partial charge on any atom is 0.417 e. The second-order valence-corrected chi connectivity index (χ2v) is 7.59. The number of hydrogen-bond donors (Lipinski definition) is 0. The lowest BCUT2D eigenvalue weighted by Crippen LogP contribution is -2.31. The van der Waals surface area contributed by atoms with Gasteiger partial charge in [0.2, 0.25) is 0 Å². The van der Waals surface area contributed by atoms with Gasteiger partial charge in [-0.2, -0.15) is 26.3 Å². The molecule has 2 aromatic rings. The first-order valence-corrected chi connectivity index (χ1v) is 9.45. The number of alkyl halides is 7. The third kappa shape index (κ3) is 3.89. The molecule has 12 heteroatoms. The van der Waals surface area contributed by atoms with Crippen LogP contribution in [-0.4, -0.2) is 22.0 Å². The number of amides is 1. The first-order chi connectivity index (χ1) is 14.9. The molecule has 0 N–H and O–H groups in total. The number of fused-ring (bicyclic) bond motifs is 1. The first kappa shape index (κ1) is 22.4. The Balaban J connectivity index is 1.71. The molecule has 32 heavy (non-hydrogen) atoms. The van der Waals surface area contributed by atoms with E-state index in [9.17, 15) is 35.5 Å². The van der Waals surface area contributed by atoms with Crippen molar-refractivity contribution in [2.45, 2.75) is 37.2 Å². The average Bonchev–Trinajstić information content (AvgIpc) is 3.28. The number of halogens is 8. The van der Waals surface area contributed by atoms with Gasteiger partial charge in [0.1, 0.15) is 11.8 Å². The molecule has 1 saturated heterocycles. The van der Waals surface area contributed by atoms with Crippen molar-refractivity contribution in [1.82, 2.24) is 9.88 Å². The Morgan fingerprint density at radius 1 is 1.00 bits per heavy atom. The molecule has 2 aliphatic heterocycles. The second-order valence-electron chi connectivity index (χ2n) is 7.23. The van der Waals surface area contributed by atoms with E-state index in [2.05, 4.69) is 4.98 Å².